The van der Waals surface area contributed by atoms with E-state index in [2.05, 4.69) is 17.4 Å². The molecule has 2 heterocycles. The predicted molar refractivity (Wildman–Crippen MR) is 79.4 cm³/mol. The molecular weight excluding hydrogens is 250 g/mol. The summed E-state index contributed by atoms with van der Waals surface area (Å²) in [4.78, 5) is 0. The van der Waals surface area contributed by atoms with Crippen LogP contribution in [0.25, 0.3) is 11.3 Å². The molecule has 3 heteroatoms. The van der Waals surface area contributed by atoms with Crippen LogP contribution in [0, 0.1) is 5.92 Å². The molecule has 1 aromatic carbocycles. The summed E-state index contributed by atoms with van der Waals surface area (Å²) in [6, 6.07) is 14.3. The van der Waals surface area contributed by atoms with E-state index in [1.54, 1.807) is 0 Å². The molecule has 1 fully saturated rings. The molecule has 3 rings (SSSR count). The fourth-order valence-electron chi connectivity index (χ4n) is 2.60. The fraction of sp³-hybridized carbons (Fsp3) is 0.412. The van der Waals surface area contributed by atoms with E-state index in [0.717, 1.165) is 43.4 Å². The van der Waals surface area contributed by atoms with Crippen LogP contribution in [0.1, 0.15) is 18.6 Å². The van der Waals surface area contributed by atoms with E-state index in [-0.39, 0.29) is 0 Å². The summed E-state index contributed by atoms with van der Waals surface area (Å²) in [5.74, 6) is 2.57. The van der Waals surface area contributed by atoms with Crippen LogP contribution < -0.4 is 5.32 Å². The van der Waals surface area contributed by atoms with Crippen LogP contribution >= 0.6 is 0 Å². The van der Waals surface area contributed by atoms with Gasteiger partial charge in [0.1, 0.15) is 11.5 Å². The van der Waals surface area contributed by atoms with E-state index in [0.29, 0.717) is 5.92 Å². The molecule has 0 radical (unpaired) electrons. The van der Waals surface area contributed by atoms with Gasteiger partial charge >= 0.3 is 0 Å². The Morgan fingerprint density at radius 3 is 2.80 bits per heavy atom. The van der Waals surface area contributed by atoms with Crippen LogP contribution in [0.2, 0.25) is 0 Å². The van der Waals surface area contributed by atoms with Crippen molar-refractivity contribution in [3.8, 4) is 11.3 Å². The number of benzene rings is 1. The minimum absolute atomic E-state index is 0.646. The lowest BCUT2D eigenvalue weighted by atomic mass is 10.0. The molecule has 1 saturated heterocycles. The lowest BCUT2D eigenvalue weighted by molar-refractivity contribution is 0.0546. The Bertz CT molecular complexity index is 515. The number of ether oxygens (including phenoxy) is 1. The van der Waals surface area contributed by atoms with Crippen LogP contribution in [0.4, 0.5) is 0 Å². The highest BCUT2D eigenvalue weighted by Gasteiger charge is 2.13. The molecule has 2 aromatic rings. The molecule has 0 amide bonds. The maximum Gasteiger partial charge on any atom is 0.134 e. The van der Waals surface area contributed by atoms with E-state index in [1.807, 2.05) is 30.3 Å². The summed E-state index contributed by atoms with van der Waals surface area (Å²) in [6.07, 6.45) is 2.45. The van der Waals surface area contributed by atoms with Crippen molar-refractivity contribution in [2.75, 3.05) is 19.8 Å². The summed E-state index contributed by atoms with van der Waals surface area (Å²) in [5.41, 5.74) is 1.12. The first-order valence-electron chi connectivity index (χ1n) is 7.34. The first-order valence-corrected chi connectivity index (χ1v) is 7.34. The average Bonchev–Trinajstić information content (AvgIpc) is 2.98. The normalized spacial score (nSPS) is 19.1. The van der Waals surface area contributed by atoms with Gasteiger partial charge in [-0.1, -0.05) is 30.3 Å². The lowest BCUT2D eigenvalue weighted by Gasteiger charge is -2.21. The standard InChI is InChI=1S/C17H21NO2/c1-2-6-15(7-3-1)17-9-8-16(20-17)12-18-11-14-5-4-10-19-13-14/h1-3,6-9,14,18H,4-5,10-13H2. The van der Waals surface area contributed by atoms with Crippen molar-refractivity contribution in [1.82, 2.24) is 5.32 Å². The molecule has 20 heavy (non-hydrogen) atoms. The quantitative estimate of drug-likeness (QED) is 0.904. The fourth-order valence-corrected chi connectivity index (χ4v) is 2.60. The van der Waals surface area contributed by atoms with Crippen molar-refractivity contribution in [3.05, 3.63) is 48.2 Å². The second-order valence-corrected chi connectivity index (χ2v) is 5.35. The van der Waals surface area contributed by atoms with Crippen molar-refractivity contribution >= 4 is 0 Å². The minimum atomic E-state index is 0.646. The Balaban J connectivity index is 1.50. The molecule has 1 aromatic heterocycles. The van der Waals surface area contributed by atoms with Crippen LogP contribution in [0.3, 0.4) is 0 Å². The molecule has 106 valence electrons. The zero-order valence-electron chi connectivity index (χ0n) is 11.7. The molecule has 1 aliphatic heterocycles. The van der Waals surface area contributed by atoms with Crippen molar-refractivity contribution in [2.24, 2.45) is 5.92 Å². The summed E-state index contributed by atoms with van der Waals surface area (Å²) in [7, 11) is 0. The van der Waals surface area contributed by atoms with Gasteiger partial charge < -0.3 is 14.5 Å². The lowest BCUT2D eigenvalue weighted by Crippen LogP contribution is -2.28. The van der Waals surface area contributed by atoms with E-state index in [4.69, 9.17) is 9.15 Å². The molecule has 3 nitrogen and oxygen atoms in total. The van der Waals surface area contributed by atoms with Gasteiger partial charge in [-0.25, -0.2) is 0 Å². The number of furan rings is 1. The monoisotopic (exact) mass is 271 g/mol. The minimum Gasteiger partial charge on any atom is -0.460 e. The maximum atomic E-state index is 5.87. The highest BCUT2D eigenvalue weighted by Crippen LogP contribution is 2.21. The SMILES string of the molecule is c1ccc(-c2ccc(CNCC3CCCOC3)o2)cc1. The molecular formula is C17H21NO2. The van der Waals surface area contributed by atoms with Gasteiger partial charge in [-0.05, 0) is 30.9 Å². The zero-order chi connectivity index (χ0) is 13.6. The largest absolute Gasteiger partial charge is 0.460 e. The smallest absolute Gasteiger partial charge is 0.134 e. The van der Waals surface area contributed by atoms with Crippen molar-refractivity contribution < 1.29 is 9.15 Å². The van der Waals surface area contributed by atoms with Crippen molar-refractivity contribution in [1.29, 1.82) is 0 Å². The third-order valence-electron chi connectivity index (χ3n) is 3.71. The predicted octanol–water partition coefficient (Wildman–Crippen LogP) is 3.46. The topological polar surface area (TPSA) is 34.4 Å². The highest BCUT2D eigenvalue weighted by molar-refractivity contribution is 5.57. The molecule has 0 spiro atoms. The van der Waals surface area contributed by atoms with Crippen LogP contribution in [-0.2, 0) is 11.3 Å². The second kappa shape index (κ2) is 6.73. The van der Waals surface area contributed by atoms with E-state index in [1.165, 1.54) is 12.8 Å². The van der Waals surface area contributed by atoms with Gasteiger partial charge in [0.05, 0.1) is 13.2 Å². The zero-order valence-corrected chi connectivity index (χ0v) is 11.7. The van der Waals surface area contributed by atoms with Gasteiger partial charge in [-0.2, -0.15) is 0 Å². The van der Waals surface area contributed by atoms with Gasteiger partial charge in [0.2, 0.25) is 0 Å². The number of nitrogens with one attached hydrogen (secondary N) is 1. The van der Waals surface area contributed by atoms with Gasteiger partial charge in [-0.3, -0.25) is 0 Å². The molecule has 0 bridgehead atoms. The molecule has 1 unspecified atom stereocenters. The van der Waals surface area contributed by atoms with Gasteiger partial charge in [-0.15, -0.1) is 0 Å². The maximum absolute atomic E-state index is 5.87. The van der Waals surface area contributed by atoms with E-state index in [9.17, 15) is 0 Å². The third kappa shape index (κ3) is 3.50. The molecule has 0 saturated carbocycles. The number of rotatable bonds is 5. The van der Waals surface area contributed by atoms with Gasteiger partial charge in [0.15, 0.2) is 0 Å². The Kier molecular flexibility index (Phi) is 4.51. The Hall–Kier alpha value is -1.58. The first-order chi connectivity index (χ1) is 9.92. The number of hydrogen-bond acceptors (Lipinski definition) is 3. The highest BCUT2D eigenvalue weighted by atomic mass is 16.5. The summed E-state index contributed by atoms with van der Waals surface area (Å²) in [6.45, 7) is 3.60. The first kappa shape index (κ1) is 13.4. The third-order valence-corrected chi connectivity index (χ3v) is 3.71. The molecule has 0 aliphatic carbocycles. The second-order valence-electron chi connectivity index (χ2n) is 5.35. The average molecular weight is 271 g/mol. The molecule has 1 atom stereocenters. The van der Waals surface area contributed by atoms with Gasteiger partial charge in [0.25, 0.3) is 0 Å². The number of hydrogen-bond donors (Lipinski definition) is 1. The Morgan fingerprint density at radius 1 is 1.10 bits per heavy atom. The van der Waals surface area contributed by atoms with Crippen molar-refractivity contribution in [3.63, 3.8) is 0 Å². The van der Waals surface area contributed by atoms with Crippen LogP contribution in [0.5, 0.6) is 0 Å². The summed E-state index contributed by atoms with van der Waals surface area (Å²) >= 11 is 0. The van der Waals surface area contributed by atoms with Gasteiger partial charge in [0, 0.05) is 18.7 Å². The molecule has 1 aliphatic rings. The summed E-state index contributed by atoms with van der Waals surface area (Å²) in [5, 5.41) is 3.46. The Morgan fingerprint density at radius 2 is 2.00 bits per heavy atom. The summed E-state index contributed by atoms with van der Waals surface area (Å²) < 4.78 is 11.3. The van der Waals surface area contributed by atoms with E-state index < -0.39 is 0 Å². The van der Waals surface area contributed by atoms with E-state index >= 15 is 0 Å². The van der Waals surface area contributed by atoms with Crippen LogP contribution in [-0.4, -0.2) is 19.8 Å². The Labute approximate surface area is 119 Å². The van der Waals surface area contributed by atoms with Crippen molar-refractivity contribution in [2.45, 2.75) is 19.4 Å². The van der Waals surface area contributed by atoms with Crippen LogP contribution in [0.15, 0.2) is 46.9 Å². The molecule has 1 N–H and O–H groups in total.